The third kappa shape index (κ3) is 3.80. The SMILES string of the molecule is O=C(c1cccc2c(Br)cccc12)N1CCN(c2ccc([N+](=O)[O-])cc2Cl)CC1. The third-order valence-corrected chi connectivity index (χ3v) is 6.14. The highest BCUT2D eigenvalue weighted by Gasteiger charge is 2.25. The van der Waals surface area contributed by atoms with Crippen LogP contribution in [0.5, 0.6) is 0 Å². The maximum atomic E-state index is 13.1. The van der Waals surface area contributed by atoms with Crippen molar-refractivity contribution >= 4 is 55.6 Å². The Morgan fingerprint density at radius 1 is 1.00 bits per heavy atom. The van der Waals surface area contributed by atoms with Crippen LogP contribution in [-0.4, -0.2) is 41.9 Å². The molecule has 0 N–H and O–H groups in total. The van der Waals surface area contributed by atoms with Crippen LogP contribution in [0, 0.1) is 10.1 Å². The molecule has 3 aromatic rings. The van der Waals surface area contributed by atoms with E-state index in [1.165, 1.54) is 12.1 Å². The van der Waals surface area contributed by atoms with Crippen molar-refractivity contribution < 1.29 is 9.72 Å². The lowest BCUT2D eigenvalue weighted by Gasteiger charge is -2.36. The highest BCUT2D eigenvalue weighted by atomic mass is 79.9. The molecule has 0 aromatic heterocycles. The fourth-order valence-corrected chi connectivity index (χ4v) is 4.44. The Bertz CT molecular complexity index is 1110. The van der Waals surface area contributed by atoms with Crippen LogP contribution in [0.2, 0.25) is 5.02 Å². The van der Waals surface area contributed by atoms with E-state index in [0.717, 1.165) is 20.9 Å². The standard InChI is InChI=1S/C21H17BrClN3O3/c22-18-6-2-3-15-16(18)4-1-5-17(15)21(27)25-11-9-24(10-12-25)20-8-7-14(26(28)29)13-19(20)23/h1-8,13H,9-12H2. The largest absolute Gasteiger partial charge is 0.367 e. The number of anilines is 1. The molecule has 8 heteroatoms. The summed E-state index contributed by atoms with van der Waals surface area (Å²) < 4.78 is 0.960. The van der Waals surface area contributed by atoms with E-state index >= 15 is 0 Å². The van der Waals surface area contributed by atoms with Gasteiger partial charge in [-0.3, -0.25) is 14.9 Å². The van der Waals surface area contributed by atoms with E-state index in [4.69, 9.17) is 11.6 Å². The van der Waals surface area contributed by atoms with E-state index in [1.807, 2.05) is 41.3 Å². The van der Waals surface area contributed by atoms with Gasteiger partial charge in [0.25, 0.3) is 11.6 Å². The van der Waals surface area contributed by atoms with Crippen molar-refractivity contribution in [2.24, 2.45) is 0 Å². The van der Waals surface area contributed by atoms with Gasteiger partial charge in [0.05, 0.1) is 15.6 Å². The summed E-state index contributed by atoms with van der Waals surface area (Å²) in [6.45, 7) is 2.32. The Morgan fingerprint density at radius 3 is 2.38 bits per heavy atom. The van der Waals surface area contributed by atoms with Crippen LogP contribution in [0.15, 0.2) is 59.1 Å². The fourth-order valence-electron chi connectivity index (χ4n) is 3.64. The van der Waals surface area contributed by atoms with Crippen LogP contribution >= 0.6 is 27.5 Å². The topological polar surface area (TPSA) is 66.7 Å². The number of rotatable bonds is 3. The van der Waals surface area contributed by atoms with Crippen molar-refractivity contribution in [2.45, 2.75) is 0 Å². The van der Waals surface area contributed by atoms with Crippen LogP contribution in [0.1, 0.15) is 10.4 Å². The van der Waals surface area contributed by atoms with Crippen molar-refractivity contribution in [3.63, 3.8) is 0 Å². The summed E-state index contributed by atoms with van der Waals surface area (Å²) in [6, 6.07) is 16.1. The van der Waals surface area contributed by atoms with Crippen molar-refractivity contribution in [3.05, 3.63) is 79.8 Å². The number of benzene rings is 3. The van der Waals surface area contributed by atoms with Crippen molar-refractivity contribution in [3.8, 4) is 0 Å². The van der Waals surface area contributed by atoms with Crippen LogP contribution in [0.25, 0.3) is 10.8 Å². The first-order valence-corrected chi connectivity index (χ1v) is 10.3. The average molecular weight is 475 g/mol. The minimum Gasteiger partial charge on any atom is -0.367 e. The van der Waals surface area contributed by atoms with Crippen LogP contribution in [0.3, 0.4) is 0 Å². The second kappa shape index (κ2) is 8.00. The number of non-ortho nitro benzene ring substituents is 1. The number of carbonyl (C=O) groups is 1. The van der Waals surface area contributed by atoms with Gasteiger partial charge in [0.1, 0.15) is 0 Å². The normalized spacial score (nSPS) is 14.3. The number of fused-ring (bicyclic) bond motifs is 1. The van der Waals surface area contributed by atoms with E-state index in [1.54, 1.807) is 6.07 Å². The summed E-state index contributed by atoms with van der Waals surface area (Å²) in [5.74, 6) is 0.00291. The number of amides is 1. The molecule has 1 fully saturated rings. The minimum atomic E-state index is -0.463. The number of nitro benzene ring substituents is 1. The van der Waals surface area contributed by atoms with E-state index in [2.05, 4.69) is 20.8 Å². The molecular formula is C21H17BrClN3O3. The molecular weight excluding hydrogens is 458 g/mol. The molecule has 0 saturated carbocycles. The first-order chi connectivity index (χ1) is 14.0. The van der Waals surface area contributed by atoms with Crippen LogP contribution in [0.4, 0.5) is 11.4 Å². The summed E-state index contributed by atoms with van der Waals surface area (Å²) in [7, 11) is 0. The van der Waals surface area contributed by atoms with Gasteiger partial charge in [-0.1, -0.05) is 51.8 Å². The maximum absolute atomic E-state index is 13.1. The number of nitro groups is 1. The molecule has 0 aliphatic carbocycles. The van der Waals surface area contributed by atoms with Gasteiger partial charge in [0, 0.05) is 48.3 Å². The predicted molar refractivity (Wildman–Crippen MR) is 118 cm³/mol. The Morgan fingerprint density at radius 2 is 1.69 bits per heavy atom. The number of hydrogen-bond acceptors (Lipinski definition) is 4. The molecule has 4 rings (SSSR count). The number of halogens is 2. The van der Waals surface area contributed by atoms with Gasteiger partial charge < -0.3 is 9.80 Å². The Hall–Kier alpha value is -2.64. The number of piperazine rings is 1. The zero-order valence-electron chi connectivity index (χ0n) is 15.3. The Balaban J connectivity index is 1.51. The highest BCUT2D eigenvalue weighted by Crippen LogP contribution is 2.31. The molecule has 1 aliphatic heterocycles. The Kier molecular flexibility index (Phi) is 5.43. The van der Waals surface area contributed by atoms with Gasteiger partial charge in [0.2, 0.25) is 0 Å². The Labute approximate surface area is 180 Å². The number of hydrogen-bond donors (Lipinski definition) is 0. The lowest BCUT2D eigenvalue weighted by atomic mass is 10.0. The van der Waals surface area contributed by atoms with Crippen LogP contribution < -0.4 is 4.90 Å². The highest BCUT2D eigenvalue weighted by molar-refractivity contribution is 9.10. The average Bonchev–Trinajstić information content (AvgIpc) is 2.73. The van der Waals surface area contributed by atoms with Gasteiger partial charge >= 0.3 is 0 Å². The van der Waals surface area contributed by atoms with Gasteiger partial charge in [-0.2, -0.15) is 0 Å². The predicted octanol–water partition coefficient (Wildman–Crippen LogP) is 5.13. The molecule has 0 radical (unpaired) electrons. The van der Waals surface area contributed by atoms with Crippen molar-refractivity contribution in [1.29, 1.82) is 0 Å². The van der Waals surface area contributed by atoms with E-state index in [0.29, 0.717) is 36.8 Å². The molecule has 1 saturated heterocycles. The lowest BCUT2D eigenvalue weighted by molar-refractivity contribution is -0.384. The van der Waals surface area contributed by atoms with E-state index in [-0.39, 0.29) is 11.6 Å². The second-order valence-electron chi connectivity index (χ2n) is 6.81. The zero-order valence-corrected chi connectivity index (χ0v) is 17.7. The number of carbonyl (C=O) groups excluding carboxylic acids is 1. The third-order valence-electron chi connectivity index (χ3n) is 5.15. The van der Waals surface area contributed by atoms with Gasteiger partial charge in [-0.15, -0.1) is 0 Å². The van der Waals surface area contributed by atoms with Crippen LogP contribution in [-0.2, 0) is 0 Å². The molecule has 3 aromatic carbocycles. The molecule has 0 spiro atoms. The second-order valence-corrected chi connectivity index (χ2v) is 8.07. The molecule has 0 atom stereocenters. The quantitative estimate of drug-likeness (QED) is 0.390. The minimum absolute atomic E-state index is 0.00291. The van der Waals surface area contributed by atoms with Gasteiger partial charge in [0.15, 0.2) is 0 Å². The van der Waals surface area contributed by atoms with E-state index in [9.17, 15) is 14.9 Å². The summed E-state index contributed by atoms with van der Waals surface area (Å²) in [6.07, 6.45) is 0. The number of nitrogens with zero attached hydrogens (tertiary/aromatic N) is 3. The first-order valence-electron chi connectivity index (χ1n) is 9.11. The molecule has 1 amide bonds. The van der Waals surface area contributed by atoms with Crippen molar-refractivity contribution in [2.75, 3.05) is 31.1 Å². The molecule has 29 heavy (non-hydrogen) atoms. The molecule has 148 valence electrons. The lowest BCUT2D eigenvalue weighted by Crippen LogP contribution is -2.48. The molecule has 0 unspecified atom stereocenters. The van der Waals surface area contributed by atoms with Crippen molar-refractivity contribution in [1.82, 2.24) is 4.90 Å². The monoisotopic (exact) mass is 473 g/mol. The zero-order chi connectivity index (χ0) is 20.5. The summed E-state index contributed by atoms with van der Waals surface area (Å²) >= 11 is 9.80. The summed E-state index contributed by atoms with van der Waals surface area (Å²) in [5, 5.41) is 13.2. The molecule has 1 aliphatic rings. The summed E-state index contributed by atoms with van der Waals surface area (Å²) in [5.41, 5.74) is 1.40. The maximum Gasteiger partial charge on any atom is 0.271 e. The molecule has 1 heterocycles. The first kappa shape index (κ1) is 19.7. The molecule has 0 bridgehead atoms. The fraction of sp³-hybridized carbons (Fsp3) is 0.190. The van der Waals surface area contributed by atoms with E-state index < -0.39 is 4.92 Å². The smallest absolute Gasteiger partial charge is 0.271 e. The van der Waals surface area contributed by atoms with Gasteiger partial charge in [-0.05, 0) is 29.0 Å². The van der Waals surface area contributed by atoms with Gasteiger partial charge in [-0.25, -0.2) is 0 Å². The summed E-state index contributed by atoms with van der Waals surface area (Å²) in [4.78, 5) is 27.5. The molecule has 6 nitrogen and oxygen atoms in total.